The zero-order valence-corrected chi connectivity index (χ0v) is 12.0. The number of hydrogen-bond acceptors (Lipinski definition) is 0. The first kappa shape index (κ1) is 11.0. The molecule has 4 rings (SSSR count). The molecule has 0 saturated heterocycles. The van der Waals surface area contributed by atoms with Crippen LogP contribution in [0.25, 0.3) is 30.4 Å². The molecule has 1 heteroatoms. The summed E-state index contributed by atoms with van der Waals surface area (Å²) in [6, 6.07) is 26.2. The van der Waals surface area contributed by atoms with Gasteiger partial charge in [-0.3, -0.25) is 0 Å². The average Bonchev–Trinajstić information content (AvgIpc) is 2.87. The number of hydrogen-bond donors (Lipinski definition) is 0. The van der Waals surface area contributed by atoms with E-state index in [9.17, 15) is 0 Å². The first-order valence-electron chi connectivity index (χ1n) is 6.39. The molecule has 1 heterocycles. The molecule has 0 radical (unpaired) electrons. The van der Waals surface area contributed by atoms with Gasteiger partial charge in [0.05, 0.1) is 0 Å². The topological polar surface area (TPSA) is 0 Å². The van der Waals surface area contributed by atoms with Crippen molar-refractivity contribution in [3.05, 3.63) is 72.8 Å². The average molecular weight is 307 g/mol. The van der Waals surface area contributed by atoms with Crippen molar-refractivity contribution in [1.29, 1.82) is 0 Å². The Kier molecular flexibility index (Phi) is 2.55. The molecular weight excluding hydrogens is 295 g/mol. The van der Waals surface area contributed by atoms with Crippen molar-refractivity contribution >= 4 is 33.8 Å². The molecule has 0 nitrogen and oxygen atoms in total. The van der Waals surface area contributed by atoms with E-state index >= 15 is 0 Å². The van der Waals surface area contributed by atoms with Crippen molar-refractivity contribution in [1.82, 2.24) is 0 Å². The summed E-state index contributed by atoms with van der Waals surface area (Å²) in [6.45, 7) is 0. The molecule has 0 bridgehead atoms. The number of fused-ring (bicyclic) bond motifs is 3. The summed E-state index contributed by atoms with van der Waals surface area (Å²) in [4.78, 5) is 0. The molecule has 0 aliphatic heterocycles. The van der Waals surface area contributed by atoms with Gasteiger partial charge in [-0.1, -0.05) is 0 Å². The maximum atomic E-state index is 2.27. The Bertz CT molecular complexity index is 857. The summed E-state index contributed by atoms with van der Waals surface area (Å²) in [7, 11) is 0. The van der Waals surface area contributed by atoms with Crippen molar-refractivity contribution < 1.29 is 0 Å². The quantitative estimate of drug-likeness (QED) is 0.446. The van der Waals surface area contributed by atoms with Crippen LogP contribution in [0.2, 0.25) is 0 Å². The van der Waals surface area contributed by atoms with E-state index in [0.29, 0.717) is 14.5 Å². The van der Waals surface area contributed by atoms with Crippen molar-refractivity contribution in [3.8, 4) is 11.1 Å². The summed E-state index contributed by atoms with van der Waals surface area (Å²) in [5.74, 6) is 0. The molecule has 0 unspecified atom stereocenters. The van der Waals surface area contributed by atoms with Gasteiger partial charge in [-0.05, 0) is 0 Å². The van der Waals surface area contributed by atoms with Gasteiger partial charge < -0.3 is 0 Å². The van der Waals surface area contributed by atoms with Crippen LogP contribution in [-0.2, 0) is 0 Å². The zero-order valence-electron chi connectivity index (χ0n) is 10.3. The summed E-state index contributed by atoms with van der Waals surface area (Å²) >= 11 is 0.429. The molecule has 0 fully saturated rings. The number of benzene rings is 3. The van der Waals surface area contributed by atoms with E-state index in [1.54, 1.807) is 0 Å². The molecule has 3 aromatic carbocycles. The Morgan fingerprint density at radius 1 is 0.579 bits per heavy atom. The normalized spacial score (nSPS) is 11.2. The van der Waals surface area contributed by atoms with Gasteiger partial charge in [-0.15, -0.1) is 0 Å². The fourth-order valence-corrected chi connectivity index (χ4v) is 5.19. The summed E-state index contributed by atoms with van der Waals surface area (Å²) in [6.07, 6.45) is 0. The molecule has 19 heavy (non-hydrogen) atoms. The van der Waals surface area contributed by atoms with E-state index in [2.05, 4.69) is 72.8 Å². The fourth-order valence-electron chi connectivity index (χ4n) is 2.59. The second-order valence-electron chi connectivity index (χ2n) is 4.65. The SMILES string of the molecule is c1ccc(-c2cccc3c2[se]c2ccccc23)cc1. The summed E-state index contributed by atoms with van der Waals surface area (Å²) in [5, 5.41) is 2.85. The molecule has 90 valence electrons. The van der Waals surface area contributed by atoms with Crippen LogP contribution in [0.15, 0.2) is 72.8 Å². The Hall–Kier alpha value is -1.82. The molecular formula is C18H12Se. The van der Waals surface area contributed by atoms with Crippen LogP contribution in [0.3, 0.4) is 0 Å². The van der Waals surface area contributed by atoms with Gasteiger partial charge in [0.2, 0.25) is 0 Å². The first-order chi connectivity index (χ1) is 9.43. The third kappa shape index (κ3) is 1.74. The predicted molar refractivity (Wildman–Crippen MR) is 83.8 cm³/mol. The van der Waals surface area contributed by atoms with Gasteiger partial charge in [-0.2, -0.15) is 0 Å². The summed E-state index contributed by atoms with van der Waals surface area (Å²) in [5.41, 5.74) is 2.73. The van der Waals surface area contributed by atoms with Crippen molar-refractivity contribution in [3.63, 3.8) is 0 Å². The Labute approximate surface area is 118 Å². The van der Waals surface area contributed by atoms with Gasteiger partial charge in [0.1, 0.15) is 0 Å². The maximum absolute atomic E-state index is 2.27. The zero-order chi connectivity index (χ0) is 12.7. The van der Waals surface area contributed by atoms with E-state index in [1.165, 1.54) is 30.4 Å². The molecule has 4 aromatic rings. The van der Waals surface area contributed by atoms with Crippen LogP contribution in [-0.4, -0.2) is 14.5 Å². The Balaban J connectivity index is 2.13. The third-order valence-electron chi connectivity index (χ3n) is 3.49. The van der Waals surface area contributed by atoms with E-state index < -0.39 is 0 Å². The molecule has 1 aromatic heterocycles. The first-order valence-corrected chi connectivity index (χ1v) is 8.10. The van der Waals surface area contributed by atoms with Crippen molar-refractivity contribution in [2.45, 2.75) is 0 Å². The van der Waals surface area contributed by atoms with Crippen LogP contribution in [0.5, 0.6) is 0 Å². The van der Waals surface area contributed by atoms with Gasteiger partial charge in [0.25, 0.3) is 0 Å². The second kappa shape index (κ2) is 4.38. The van der Waals surface area contributed by atoms with Gasteiger partial charge in [0, 0.05) is 0 Å². The second-order valence-corrected chi connectivity index (χ2v) is 6.85. The molecule has 0 amide bonds. The molecule has 0 atom stereocenters. The fraction of sp³-hybridized carbons (Fsp3) is 0. The van der Waals surface area contributed by atoms with E-state index in [0.717, 1.165) is 0 Å². The Morgan fingerprint density at radius 3 is 2.21 bits per heavy atom. The molecule has 0 aliphatic carbocycles. The van der Waals surface area contributed by atoms with Crippen LogP contribution in [0.4, 0.5) is 0 Å². The van der Waals surface area contributed by atoms with Gasteiger partial charge in [0.15, 0.2) is 0 Å². The van der Waals surface area contributed by atoms with Crippen LogP contribution >= 0.6 is 0 Å². The molecule has 0 N–H and O–H groups in total. The van der Waals surface area contributed by atoms with E-state index in [4.69, 9.17) is 0 Å². The molecule has 0 spiro atoms. The minimum atomic E-state index is 0.429. The monoisotopic (exact) mass is 308 g/mol. The van der Waals surface area contributed by atoms with Crippen LogP contribution < -0.4 is 0 Å². The number of rotatable bonds is 1. The predicted octanol–water partition coefficient (Wildman–Crippen LogP) is 4.72. The standard InChI is InChI=1S/C18H12Se/c1-2-7-13(8-3-1)14-10-6-11-16-15-9-4-5-12-17(15)19-18(14)16/h1-12H. The van der Waals surface area contributed by atoms with E-state index in [1.807, 2.05) is 0 Å². The van der Waals surface area contributed by atoms with E-state index in [-0.39, 0.29) is 0 Å². The van der Waals surface area contributed by atoms with Crippen molar-refractivity contribution in [2.24, 2.45) is 0 Å². The Morgan fingerprint density at radius 2 is 1.32 bits per heavy atom. The van der Waals surface area contributed by atoms with Crippen LogP contribution in [0, 0.1) is 0 Å². The van der Waals surface area contributed by atoms with Gasteiger partial charge in [-0.25, -0.2) is 0 Å². The van der Waals surface area contributed by atoms with Crippen LogP contribution in [0.1, 0.15) is 0 Å². The molecule has 0 aliphatic rings. The molecule has 0 saturated carbocycles. The van der Waals surface area contributed by atoms with Crippen molar-refractivity contribution in [2.75, 3.05) is 0 Å². The minimum absolute atomic E-state index is 0.429. The van der Waals surface area contributed by atoms with Gasteiger partial charge >= 0.3 is 118 Å². The third-order valence-corrected chi connectivity index (χ3v) is 6.05. The summed E-state index contributed by atoms with van der Waals surface area (Å²) < 4.78 is 3.04.